The van der Waals surface area contributed by atoms with Crippen molar-refractivity contribution in [2.75, 3.05) is 31.1 Å². The molecule has 1 aromatic heterocycles. The number of aromatic nitrogens is 1. The summed E-state index contributed by atoms with van der Waals surface area (Å²) in [6, 6.07) is 1.46. The van der Waals surface area contributed by atoms with Gasteiger partial charge in [0, 0.05) is 32.2 Å². The minimum absolute atomic E-state index is 0.000615. The van der Waals surface area contributed by atoms with Crippen LogP contribution in [0.5, 0.6) is 0 Å². The van der Waals surface area contributed by atoms with Crippen LogP contribution in [0.1, 0.15) is 10.6 Å². The first-order chi connectivity index (χ1) is 8.08. The number of primary amides is 1. The van der Waals surface area contributed by atoms with Crippen molar-refractivity contribution in [3.8, 4) is 0 Å². The van der Waals surface area contributed by atoms with Crippen LogP contribution in [0.2, 0.25) is 0 Å². The number of hydrogen-bond acceptors (Lipinski definition) is 5. The van der Waals surface area contributed by atoms with Gasteiger partial charge in [-0.1, -0.05) is 5.16 Å². The normalized spacial score (nSPS) is 16.0. The molecule has 8 heteroatoms. The highest BCUT2D eigenvalue weighted by Gasteiger charge is 2.23. The van der Waals surface area contributed by atoms with Gasteiger partial charge in [-0.2, -0.15) is 0 Å². The van der Waals surface area contributed by atoms with Gasteiger partial charge in [-0.05, 0) is 0 Å². The lowest BCUT2D eigenvalue weighted by Gasteiger charge is -2.32. The van der Waals surface area contributed by atoms with E-state index in [2.05, 4.69) is 5.16 Å². The van der Waals surface area contributed by atoms with Crippen LogP contribution in [0.15, 0.2) is 10.6 Å². The van der Waals surface area contributed by atoms with Crippen LogP contribution in [-0.2, 0) is 0 Å². The summed E-state index contributed by atoms with van der Waals surface area (Å²) in [5.41, 5.74) is 5.04. The molecule has 92 valence electrons. The Balaban J connectivity index is 2.00. The summed E-state index contributed by atoms with van der Waals surface area (Å²) >= 11 is 0. The minimum atomic E-state index is -0.928. The van der Waals surface area contributed by atoms with Gasteiger partial charge in [0.2, 0.25) is 5.76 Å². The summed E-state index contributed by atoms with van der Waals surface area (Å²) in [6.45, 7) is 1.82. The smallest absolute Gasteiger partial charge is 0.407 e. The lowest BCUT2D eigenvalue weighted by molar-refractivity contribution is 0.0965. The van der Waals surface area contributed by atoms with Gasteiger partial charge in [0.1, 0.15) is 0 Å². The van der Waals surface area contributed by atoms with E-state index in [0.717, 1.165) is 0 Å². The molecule has 3 N–H and O–H groups in total. The van der Waals surface area contributed by atoms with Gasteiger partial charge in [0.15, 0.2) is 5.82 Å². The number of carboxylic acid groups (broad SMARTS) is 1. The summed E-state index contributed by atoms with van der Waals surface area (Å²) in [6.07, 6.45) is -0.928. The van der Waals surface area contributed by atoms with Gasteiger partial charge in [0.05, 0.1) is 0 Å². The zero-order valence-electron chi connectivity index (χ0n) is 9.00. The molecule has 0 aromatic carbocycles. The molecule has 1 aliphatic rings. The molecular formula is C9H12N4O4. The van der Waals surface area contributed by atoms with E-state index in [-0.39, 0.29) is 5.76 Å². The Morgan fingerprint density at radius 3 is 2.47 bits per heavy atom. The van der Waals surface area contributed by atoms with Crippen molar-refractivity contribution in [2.45, 2.75) is 0 Å². The maximum Gasteiger partial charge on any atom is 0.407 e. The second kappa shape index (κ2) is 4.32. The SMILES string of the molecule is NC(=O)c1cc(N2CCN(C(=O)O)CC2)no1. The Morgan fingerprint density at radius 1 is 1.35 bits per heavy atom. The van der Waals surface area contributed by atoms with Crippen molar-refractivity contribution in [2.24, 2.45) is 5.73 Å². The number of nitrogens with two attached hydrogens (primary N) is 1. The molecule has 2 heterocycles. The monoisotopic (exact) mass is 240 g/mol. The zero-order valence-corrected chi connectivity index (χ0v) is 9.00. The average molecular weight is 240 g/mol. The Labute approximate surface area is 96.6 Å². The van der Waals surface area contributed by atoms with Crippen molar-refractivity contribution in [1.82, 2.24) is 10.1 Å². The lowest BCUT2D eigenvalue weighted by atomic mass is 10.3. The number of carbonyl (C=O) groups excluding carboxylic acids is 1. The third-order valence-corrected chi connectivity index (χ3v) is 2.61. The number of anilines is 1. The highest BCUT2D eigenvalue weighted by molar-refractivity contribution is 5.90. The summed E-state index contributed by atoms with van der Waals surface area (Å²) in [5, 5.41) is 12.5. The van der Waals surface area contributed by atoms with Gasteiger partial charge in [-0.3, -0.25) is 4.79 Å². The van der Waals surface area contributed by atoms with E-state index in [1.165, 1.54) is 11.0 Å². The Kier molecular flexibility index (Phi) is 2.86. The first-order valence-corrected chi connectivity index (χ1v) is 5.07. The molecule has 1 aromatic rings. The lowest BCUT2D eigenvalue weighted by Crippen LogP contribution is -2.48. The Morgan fingerprint density at radius 2 is 2.00 bits per heavy atom. The first kappa shape index (κ1) is 11.2. The second-order valence-corrected chi connectivity index (χ2v) is 3.67. The van der Waals surface area contributed by atoms with Gasteiger partial charge < -0.3 is 25.2 Å². The molecule has 0 saturated carbocycles. The maximum atomic E-state index is 10.8. The largest absolute Gasteiger partial charge is 0.465 e. The van der Waals surface area contributed by atoms with Crippen LogP contribution in [-0.4, -0.2) is 53.3 Å². The molecule has 1 saturated heterocycles. The van der Waals surface area contributed by atoms with Gasteiger partial charge in [0.25, 0.3) is 5.91 Å². The molecule has 0 radical (unpaired) electrons. The van der Waals surface area contributed by atoms with Crippen molar-refractivity contribution in [3.05, 3.63) is 11.8 Å². The van der Waals surface area contributed by atoms with Crippen LogP contribution < -0.4 is 10.6 Å². The number of rotatable bonds is 2. The molecule has 0 bridgehead atoms. The molecule has 0 spiro atoms. The highest BCUT2D eigenvalue weighted by Crippen LogP contribution is 2.16. The summed E-state index contributed by atoms with van der Waals surface area (Å²) in [5.74, 6) is -0.169. The molecule has 17 heavy (non-hydrogen) atoms. The van der Waals surface area contributed by atoms with Crippen molar-refractivity contribution in [1.29, 1.82) is 0 Å². The van der Waals surface area contributed by atoms with Gasteiger partial charge >= 0.3 is 6.09 Å². The minimum Gasteiger partial charge on any atom is -0.465 e. The van der Waals surface area contributed by atoms with E-state index < -0.39 is 12.0 Å². The molecule has 2 amide bonds. The molecule has 8 nitrogen and oxygen atoms in total. The second-order valence-electron chi connectivity index (χ2n) is 3.67. The quantitative estimate of drug-likeness (QED) is 0.725. The third-order valence-electron chi connectivity index (χ3n) is 2.61. The van der Waals surface area contributed by atoms with Crippen LogP contribution in [0.3, 0.4) is 0 Å². The topological polar surface area (TPSA) is 113 Å². The number of nitrogens with zero attached hydrogens (tertiary/aromatic N) is 3. The predicted octanol–water partition coefficient (Wildman–Crippen LogP) is -0.427. The number of amides is 2. The predicted molar refractivity (Wildman–Crippen MR) is 56.8 cm³/mol. The number of piperazine rings is 1. The molecule has 0 unspecified atom stereocenters. The maximum absolute atomic E-state index is 10.8. The van der Waals surface area contributed by atoms with Crippen LogP contribution in [0.4, 0.5) is 10.6 Å². The first-order valence-electron chi connectivity index (χ1n) is 5.07. The third kappa shape index (κ3) is 2.30. The van der Waals surface area contributed by atoms with Gasteiger partial charge in [-0.15, -0.1) is 0 Å². The van der Waals surface area contributed by atoms with E-state index in [1.807, 2.05) is 4.90 Å². The molecule has 1 fully saturated rings. The van der Waals surface area contributed by atoms with Gasteiger partial charge in [-0.25, -0.2) is 4.79 Å². The highest BCUT2D eigenvalue weighted by atomic mass is 16.5. The molecular weight excluding hydrogens is 228 g/mol. The Bertz CT molecular complexity index is 436. The molecule has 0 aliphatic carbocycles. The summed E-state index contributed by atoms with van der Waals surface area (Å²) in [7, 11) is 0. The number of hydrogen-bond donors (Lipinski definition) is 2. The molecule has 2 rings (SSSR count). The zero-order chi connectivity index (χ0) is 12.4. The van der Waals surface area contributed by atoms with E-state index in [9.17, 15) is 9.59 Å². The van der Waals surface area contributed by atoms with E-state index in [0.29, 0.717) is 32.0 Å². The summed E-state index contributed by atoms with van der Waals surface area (Å²) in [4.78, 5) is 24.7. The van der Waals surface area contributed by atoms with Crippen molar-refractivity contribution in [3.63, 3.8) is 0 Å². The van der Waals surface area contributed by atoms with Crippen molar-refractivity contribution >= 4 is 17.8 Å². The standard InChI is InChI=1S/C9H12N4O4/c10-8(14)6-5-7(11-17-6)12-1-3-13(4-2-12)9(15)16/h5H,1-4H2,(H2,10,14)(H,15,16). The number of carbonyl (C=O) groups is 2. The molecule has 1 aliphatic heterocycles. The van der Waals surface area contributed by atoms with Crippen LogP contribution in [0, 0.1) is 0 Å². The average Bonchev–Trinajstić information content (AvgIpc) is 2.78. The van der Waals surface area contributed by atoms with E-state index in [4.69, 9.17) is 15.4 Å². The Hall–Kier alpha value is -2.25. The fourth-order valence-corrected chi connectivity index (χ4v) is 1.66. The molecule has 0 atom stereocenters. The summed E-state index contributed by atoms with van der Waals surface area (Å²) < 4.78 is 4.76. The fourth-order valence-electron chi connectivity index (χ4n) is 1.66. The van der Waals surface area contributed by atoms with Crippen LogP contribution >= 0.6 is 0 Å². The fraction of sp³-hybridized carbons (Fsp3) is 0.444. The van der Waals surface area contributed by atoms with Crippen molar-refractivity contribution < 1.29 is 19.2 Å². The van der Waals surface area contributed by atoms with Crippen LogP contribution in [0.25, 0.3) is 0 Å². The van der Waals surface area contributed by atoms with E-state index in [1.54, 1.807) is 0 Å². The van der Waals surface area contributed by atoms with E-state index >= 15 is 0 Å².